The number of nitrogens with two attached hydrogens (primary N) is 1. The molecule has 1 amide bonds. The van der Waals surface area contributed by atoms with Crippen LogP contribution in [0.25, 0.3) is 0 Å². The Labute approximate surface area is 109 Å². The van der Waals surface area contributed by atoms with Gasteiger partial charge in [-0.1, -0.05) is 12.8 Å². The monoisotopic (exact) mass is 255 g/mol. The van der Waals surface area contributed by atoms with Crippen LogP contribution in [0.3, 0.4) is 0 Å². The van der Waals surface area contributed by atoms with Crippen LogP contribution in [0.2, 0.25) is 0 Å². The average Bonchev–Trinajstić information content (AvgIpc) is 2.86. The quantitative estimate of drug-likeness (QED) is 0.787. The number of hydrogen-bond donors (Lipinski definition) is 2. The van der Waals surface area contributed by atoms with Gasteiger partial charge in [-0.15, -0.1) is 0 Å². The third-order valence-electron chi connectivity index (χ3n) is 4.37. The first-order valence-electron chi connectivity index (χ1n) is 7.03. The zero-order valence-electron chi connectivity index (χ0n) is 11.2. The van der Waals surface area contributed by atoms with Crippen molar-refractivity contribution in [2.24, 2.45) is 11.7 Å². The summed E-state index contributed by atoms with van der Waals surface area (Å²) >= 11 is 0. The molecule has 3 atom stereocenters. The molecule has 0 bridgehead atoms. The van der Waals surface area contributed by atoms with Gasteiger partial charge in [0.05, 0.1) is 7.11 Å². The number of nitrogens with zero attached hydrogens (tertiary/aromatic N) is 1. The predicted octanol–water partition coefficient (Wildman–Crippen LogP) is 0.934. The molecular weight excluding hydrogens is 230 g/mol. The second kappa shape index (κ2) is 6.38. The van der Waals surface area contributed by atoms with E-state index >= 15 is 0 Å². The van der Waals surface area contributed by atoms with Crippen LogP contribution in [0.15, 0.2) is 0 Å². The van der Waals surface area contributed by atoms with Gasteiger partial charge in [-0.05, 0) is 31.7 Å². The largest absolute Gasteiger partial charge is 0.453 e. The lowest BCUT2D eigenvalue weighted by atomic mass is 9.84. The molecule has 0 spiro atoms. The van der Waals surface area contributed by atoms with E-state index in [9.17, 15) is 4.79 Å². The van der Waals surface area contributed by atoms with Gasteiger partial charge in [-0.3, -0.25) is 4.90 Å². The van der Waals surface area contributed by atoms with E-state index in [0.29, 0.717) is 12.0 Å². The fourth-order valence-corrected chi connectivity index (χ4v) is 3.38. The summed E-state index contributed by atoms with van der Waals surface area (Å²) in [4.78, 5) is 13.7. The zero-order valence-corrected chi connectivity index (χ0v) is 11.2. The van der Waals surface area contributed by atoms with Crippen molar-refractivity contribution < 1.29 is 9.53 Å². The molecule has 1 aliphatic heterocycles. The van der Waals surface area contributed by atoms with Gasteiger partial charge in [0, 0.05) is 25.2 Å². The number of rotatable bonds is 3. The van der Waals surface area contributed by atoms with Crippen LogP contribution in [-0.4, -0.2) is 49.8 Å². The van der Waals surface area contributed by atoms with Gasteiger partial charge in [0.15, 0.2) is 0 Å². The maximum Gasteiger partial charge on any atom is 0.407 e. The van der Waals surface area contributed by atoms with Crippen molar-refractivity contribution in [2.75, 3.05) is 26.7 Å². The topological polar surface area (TPSA) is 67.6 Å². The molecule has 0 aromatic carbocycles. The lowest BCUT2D eigenvalue weighted by Crippen LogP contribution is -2.45. The lowest BCUT2D eigenvalue weighted by molar-refractivity contribution is 0.128. The highest BCUT2D eigenvalue weighted by atomic mass is 16.5. The van der Waals surface area contributed by atoms with Crippen molar-refractivity contribution >= 4 is 6.09 Å². The second-order valence-corrected chi connectivity index (χ2v) is 5.46. The molecule has 2 rings (SSSR count). The van der Waals surface area contributed by atoms with Crippen molar-refractivity contribution in [1.82, 2.24) is 10.2 Å². The minimum atomic E-state index is -0.319. The number of carbonyl (C=O) groups is 1. The molecule has 1 aliphatic carbocycles. The van der Waals surface area contributed by atoms with E-state index in [1.54, 1.807) is 0 Å². The fraction of sp³-hybridized carbons (Fsp3) is 0.923. The Morgan fingerprint density at radius 2 is 2.17 bits per heavy atom. The van der Waals surface area contributed by atoms with Crippen molar-refractivity contribution in [2.45, 2.75) is 44.2 Å². The summed E-state index contributed by atoms with van der Waals surface area (Å²) in [6, 6.07) is 0.853. The molecule has 0 radical (unpaired) electrons. The molecule has 3 N–H and O–H groups in total. The summed E-state index contributed by atoms with van der Waals surface area (Å²) in [5.41, 5.74) is 5.88. The van der Waals surface area contributed by atoms with E-state index in [0.717, 1.165) is 26.1 Å². The highest BCUT2D eigenvalue weighted by Crippen LogP contribution is 2.30. The molecule has 5 nitrogen and oxygen atoms in total. The maximum absolute atomic E-state index is 11.2. The van der Waals surface area contributed by atoms with Crippen molar-refractivity contribution in [1.29, 1.82) is 0 Å². The van der Waals surface area contributed by atoms with E-state index in [2.05, 4.69) is 15.0 Å². The summed E-state index contributed by atoms with van der Waals surface area (Å²) in [5.74, 6) is 0.635. The van der Waals surface area contributed by atoms with Crippen LogP contribution in [0, 0.1) is 5.92 Å². The van der Waals surface area contributed by atoms with Gasteiger partial charge in [0.1, 0.15) is 0 Å². The van der Waals surface area contributed by atoms with Crippen molar-refractivity contribution in [3.63, 3.8) is 0 Å². The molecule has 5 heteroatoms. The highest BCUT2D eigenvalue weighted by molar-refractivity contribution is 5.67. The van der Waals surface area contributed by atoms with Crippen LogP contribution in [0.4, 0.5) is 4.79 Å². The van der Waals surface area contributed by atoms with Crippen molar-refractivity contribution in [3.05, 3.63) is 0 Å². The van der Waals surface area contributed by atoms with Gasteiger partial charge in [-0.25, -0.2) is 4.79 Å². The molecule has 104 valence electrons. The number of alkyl carbamates (subject to hydrolysis) is 1. The lowest BCUT2D eigenvalue weighted by Gasteiger charge is -2.37. The Bertz CT molecular complexity index is 285. The maximum atomic E-state index is 11.2. The Morgan fingerprint density at radius 3 is 2.89 bits per heavy atom. The normalized spacial score (nSPS) is 33.3. The number of ether oxygens (including phenoxy) is 1. The first-order valence-corrected chi connectivity index (χ1v) is 7.03. The molecule has 1 saturated heterocycles. The summed E-state index contributed by atoms with van der Waals surface area (Å²) < 4.78 is 4.65. The number of carbonyl (C=O) groups excluding carboxylic acids is 1. The Hall–Kier alpha value is -0.810. The van der Waals surface area contributed by atoms with Crippen LogP contribution in [-0.2, 0) is 4.74 Å². The van der Waals surface area contributed by atoms with Gasteiger partial charge in [0.25, 0.3) is 0 Å². The van der Waals surface area contributed by atoms with E-state index in [-0.39, 0.29) is 12.1 Å². The number of methoxy groups -OCH3 is 1. The Morgan fingerprint density at radius 1 is 1.39 bits per heavy atom. The third kappa shape index (κ3) is 3.14. The molecule has 2 fully saturated rings. The first-order chi connectivity index (χ1) is 8.74. The second-order valence-electron chi connectivity index (χ2n) is 5.46. The minimum absolute atomic E-state index is 0.234. The predicted molar refractivity (Wildman–Crippen MR) is 70.3 cm³/mol. The van der Waals surface area contributed by atoms with Gasteiger partial charge < -0.3 is 15.8 Å². The van der Waals surface area contributed by atoms with Crippen LogP contribution >= 0.6 is 0 Å². The van der Waals surface area contributed by atoms with Crippen LogP contribution in [0.1, 0.15) is 32.1 Å². The SMILES string of the molecule is COC(=O)NC1CCN(C2CCCCC2CN)C1. The first kappa shape index (κ1) is 13.6. The Balaban J connectivity index is 1.85. The number of likely N-dealkylation sites (tertiary alicyclic amines) is 1. The van der Waals surface area contributed by atoms with E-state index in [1.165, 1.54) is 32.8 Å². The molecule has 3 unspecified atom stereocenters. The fourth-order valence-electron chi connectivity index (χ4n) is 3.38. The van der Waals surface area contributed by atoms with Gasteiger partial charge in [0.2, 0.25) is 0 Å². The van der Waals surface area contributed by atoms with E-state index < -0.39 is 0 Å². The Kier molecular flexibility index (Phi) is 4.83. The van der Waals surface area contributed by atoms with Crippen LogP contribution in [0.5, 0.6) is 0 Å². The number of nitrogens with one attached hydrogen (secondary N) is 1. The highest BCUT2D eigenvalue weighted by Gasteiger charge is 2.34. The summed E-state index contributed by atoms with van der Waals surface area (Å²) in [5, 5.41) is 2.90. The molecule has 2 aliphatic rings. The van der Waals surface area contributed by atoms with Gasteiger partial charge in [-0.2, -0.15) is 0 Å². The average molecular weight is 255 g/mol. The zero-order chi connectivity index (χ0) is 13.0. The molecule has 1 saturated carbocycles. The van der Waals surface area contributed by atoms with Crippen molar-refractivity contribution in [3.8, 4) is 0 Å². The molecular formula is C13H25N3O2. The third-order valence-corrected chi connectivity index (χ3v) is 4.37. The summed E-state index contributed by atoms with van der Waals surface area (Å²) in [7, 11) is 1.41. The summed E-state index contributed by atoms with van der Waals surface area (Å²) in [6.45, 7) is 2.79. The summed E-state index contributed by atoms with van der Waals surface area (Å²) in [6.07, 6.45) is 5.84. The molecule has 18 heavy (non-hydrogen) atoms. The minimum Gasteiger partial charge on any atom is -0.453 e. The molecule has 1 heterocycles. The smallest absolute Gasteiger partial charge is 0.407 e. The number of amides is 1. The standard InChI is InChI=1S/C13H25N3O2/c1-18-13(17)15-11-6-7-16(9-11)12-5-3-2-4-10(12)8-14/h10-12H,2-9,14H2,1H3,(H,15,17). The molecule has 0 aromatic rings. The van der Waals surface area contributed by atoms with E-state index in [1.807, 2.05) is 0 Å². The molecule has 0 aromatic heterocycles. The number of hydrogen-bond acceptors (Lipinski definition) is 4. The van der Waals surface area contributed by atoms with Crippen LogP contribution < -0.4 is 11.1 Å². The van der Waals surface area contributed by atoms with E-state index in [4.69, 9.17) is 5.73 Å². The van der Waals surface area contributed by atoms with Gasteiger partial charge >= 0.3 is 6.09 Å².